The Morgan fingerprint density at radius 3 is 2.89 bits per heavy atom. The summed E-state index contributed by atoms with van der Waals surface area (Å²) in [5, 5.41) is 29.5. The van der Waals surface area contributed by atoms with Crippen LogP contribution in [0.4, 0.5) is 0 Å². The highest BCUT2D eigenvalue weighted by molar-refractivity contribution is 5.38. The molecule has 0 bridgehead atoms. The fourth-order valence-electron chi connectivity index (χ4n) is 1.64. The van der Waals surface area contributed by atoms with Crippen LogP contribution in [0.15, 0.2) is 30.6 Å². The Kier molecular flexibility index (Phi) is 4.14. The van der Waals surface area contributed by atoms with Crippen LogP contribution in [-0.2, 0) is 13.1 Å². The molecule has 0 aliphatic rings. The predicted molar refractivity (Wildman–Crippen MR) is 66.1 cm³/mol. The standard InChI is InChI=1S/C12H16N4O2/c17-11-3-2-10(12(18)8-11)9-13-4-1-6-16-7-5-14-15-16/h2-3,5,7-8,13,17-18H,1,4,6,9H2. The van der Waals surface area contributed by atoms with Gasteiger partial charge in [-0.3, -0.25) is 4.68 Å². The SMILES string of the molecule is Oc1ccc(CNCCCn2ccnn2)c(O)c1. The van der Waals surface area contributed by atoms with Gasteiger partial charge in [0.25, 0.3) is 0 Å². The second-order valence-corrected chi connectivity index (χ2v) is 4.01. The van der Waals surface area contributed by atoms with Crippen LogP contribution in [0.1, 0.15) is 12.0 Å². The maximum atomic E-state index is 9.58. The van der Waals surface area contributed by atoms with Crippen LogP contribution in [-0.4, -0.2) is 31.8 Å². The van der Waals surface area contributed by atoms with Crippen LogP contribution in [0.3, 0.4) is 0 Å². The minimum atomic E-state index is 0.0717. The van der Waals surface area contributed by atoms with Crippen LogP contribution in [0.25, 0.3) is 0 Å². The fraction of sp³-hybridized carbons (Fsp3) is 0.333. The van der Waals surface area contributed by atoms with Gasteiger partial charge in [-0.25, -0.2) is 0 Å². The molecule has 0 aliphatic carbocycles. The normalized spacial score (nSPS) is 10.7. The zero-order chi connectivity index (χ0) is 12.8. The van der Waals surface area contributed by atoms with Gasteiger partial charge in [-0.1, -0.05) is 11.3 Å². The van der Waals surface area contributed by atoms with E-state index in [1.54, 1.807) is 23.0 Å². The van der Waals surface area contributed by atoms with Crippen molar-refractivity contribution in [2.75, 3.05) is 6.54 Å². The Bertz CT molecular complexity index is 485. The van der Waals surface area contributed by atoms with E-state index in [9.17, 15) is 5.11 Å². The van der Waals surface area contributed by atoms with Gasteiger partial charge in [0.2, 0.25) is 0 Å². The lowest BCUT2D eigenvalue weighted by Gasteiger charge is -2.07. The summed E-state index contributed by atoms with van der Waals surface area (Å²) in [5.41, 5.74) is 0.772. The van der Waals surface area contributed by atoms with Gasteiger partial charge < -0.3 is 15.5 Å². The van der Waals surface area contributed by atoms with Crippen molar-refractivity contribution in [3.8, 4) is 11.5 Å². The average Bonchev–Trinajstić information content (AvgIpc) is 2.84. The van der Waals surface area contributed by atoms with E-state index in [1.807, 2.05) is 6.20 Å². The molecule has 6 nitrogen and oxygen atoms in total. The molecule has 0 saturated heterocycles. The van der Waals surface area contributed by atoms with E-state index in [4.69, 9.17) is 5.11 Å². The molecule has 0 saturated carbocycles. The molecule has 1 heterocycles. The van der Waals surface area contributed by atoms with Gasteiger partial charge in [0.15, 0.2) is 0 Å². The molecular formula is C12H16N4O2. The third-order valence-electron chi connectivity index (χ3n) is 2.60. The van der Waals surface area contributed by atoms with E-state index in [0.29, 0.717) is 6.54 Å². The summed E-state index contributed by atoms with van der Waals surface area (Å²) in [5.74, 6) is 0.182. The quantitative estimate of drug-likeness (QED) is 0.661. The van der Waals surface area contributed by atoms with Gasteiger partial charge in [0, 0.05) is 30.9 Å². The maximum absolute atomic E-state index is 9.58. The number of aromatic nitrogens is 3. The molecule has 18 heavy (non-hydrogen) atoms. The van der Waals surface area contributed by atoms with Crippen molar-refractivity contribution < 1.29 is 10.2 Å². The predicted octanol–water partition coefficient (Wildman–Crippen LogP) is 0.869. The lowest BCUT2D eigenvalue weighted by Crippen LogP contribution is -2.16. The monoisotopic (exact) mass is 248 g/mol. The second kappa shape index (κ2) is 6.02. The van der Waals surface area contributed by atoms with Crippen LogP contribution in [0.2, 0.25) is 0 Å². The first kappa shape index (κ1) is 12.4. The molecule has 3 N–H and O–H groups in total. The highest BCUT2D eigenvalue weighted by Crippen LogP contribution is 2.22. The molecule has 96 valence electrons. The number of hydrogen-bond acceptors (Lipinski definition) is 5. The molecule has 0 fully saturated rings. The molecule has 2 aromatic rings. The summed E-state index contributed by atoms with van der Waals surface area (Å²) in [7, 11) is 0. The van der Waals surface area contributed by atoms with E-state index < -0.39 is 0 Å². The third-order valence-corrected chi connectivity index (χ3v) is 2.60. The minimum absolute atomic E-state index is 0.0717. The molecule has 2 rings (SSSR count). The summed E-state index contributed by atoms with van der Waals surface area (Å²) in [6, 6.07) is 4.60. The van der Waals surface area contributed by atoms with Crippen molar-refractivity contribution in [2.24, 2.45) is 0 Å². The van der Waals surface area contributed by atoms with Crippen LogP contribution >= 0.6 is 0 Å². The summed E-state index contributed by atoms with van der Waals surface area (Å²) in [4.78, 5) is 0. The summed E-state index contributed by atoms with van der Waals surface area (Å²) in [6.45, 7) is 2.21. The first-order valence-electron chi connectivity index (χ1n) is 5.81. The van der Waals surface area contributed by atoms with Crippen molar-refractivity contribution in [3.05, 3.63) is 36.2 Å². The molecule has 0 spiro atoms. The van der Waals surface area contributed by atoms with Gasteiger partial charge in [-0.15, -0.1) is 5.10 Å². The zero-order valence-corrected chi connectivity index (χ0v) is 9.95. The summed E-state index contributed by atoms with van der Waals surface area (Å²) >= 11 is 0. The maximum Gasteiger partial charge on any atom is 0.123 e. The van der Waals surface area contributed by atoms with Gasteiger partial charge in [-0.05, 0) is 19.0 Å². The first-order valence-corrected chi connectivity index (χ1v) is 5.81. The number of aromatic hydroxyl groups is 2. The number of rotatable bonds is 6. The van der Waals surface area contributed by atoms with E-state index in [-0.39, 0.29) is 11.5 Å². The molecule has 1 aromatic carbocycles. The van der Waals surface area contributed by atoms with Crippen molar-refractivity contribution in [2.45, 2.75) is 19.5 Å². The highest BCUT2D eigenvalue weighted by atomic mass is 16.3. The van der Waals surface area contributed by atoms with Crippen molar-refractivity contribution >= 4 is 0 Å². The molecule has 0 atom stereocenters. The number of aryl methyl sites for hydroxylation is 1. The lowest BCUT2D eigenvalue weighted by molar-refractivity contribution is 0.443. The first-order chi connectivity index (χ1) is 8.75. The number of phenolic OH excluding ortho intramolecular Hbond substituents is 2. The number of nitrogens with one attached hydrogen (secondary N) is 1. The van der Waals surface area contributed by atoms with Gasteiger partial charge in [0.05, 0.1) is 6.20 Å². The van der Waals surface area contributed by atoms with Crippen LogP contribution in [0, 0.1) is 0 Å². The van der Waals surface area contributed by atoms with Crippen LogP contribution in [0.5, 0.6) is 11.5 Å². The van der Waals surface area contributed by atoms with E-state index in [0.717, 1.165) is 25.1 Å². The lowest BCUT2D eigenvalue weighted by atomic mass is 10.2. The Morgan fingerprint density at radius 1 is 1.28 bits per heavy atom. The molecule has 0 radical (unpaired) electrons. The Balaban J connectivity index is 1.69. The van der Waals surface area contributed by atoms with E-state index in [1.165, 1.54) is 6.07 Å². The Morgan fingerprint density at radius 2 is 2.17 bits per heavy atom. The van der Waals surface area contributed by atoms with Crippen molar-refractivity contribution in [1.82, 2.24) is 20.3 Å². The average molecular weight is 248 g/mol. The van der Waals surface area contributed by atoms with Crippen molar-refractivity contribution in [1.29, 1.82) is 0 Å². The van der Waals surface area contributed by atoms with Gasteiger partial charge in [-0.2, -0.15) is 0 Å². The fourth-order valence-corrected chi connectivity index (χ4v) is 1.64. The van der Waals surface area contributed by atoms with Gasteiger partial charge >= 0.3 is 0 Å². The summed E-state index contributed by atoms with van der Waals surface area (Å²) in [6.07, 6.45) is 4.41. The molecule has 1 aromatic heterocycles. The second-order valence-electron chi connectivity index (χ2n) is 4.01. The van der Waals surface area contributed by atoms with Crippen LogP contribution < -0.4 is 5.32 Å². The topological polar surface area (TPSA) is 83.2 Å². The molecule has 6 heteroatoms. The van der Waals surface area contributed by atoms with Crippen molar-refractivity contribution in [3.63, 3.8) is 0 Å². The molecule has 0 unspecified atom stereocenters. The zero-order valence-electron chi connectivity index (χ0n) is 9.95. The van der Waals surface area contributed by atoms with E-state index >= 15 is 0 Å². The number of benzene rings is 1. The molecular weight excluding hydrogens is 232 g/mol. The smallest absolute Gasteiger partial charge is 0.123 e. The molecule has 0 amide bonds. The highest BCUT2D eigenvalue weighted by Gasteiger charge is 2.01. The number of hydrogen-bond donors (Lipinski definition) is 3. The largest absolute Gasteiger partial charge is 0.508 e. The third kappa shape index (κ3) is 3.46. The molecule has 0 aliphatic heterocycles. The number of nitrogens with zero attached hydrogens (tertiary/aromatic N) is 3. The Labute approximate surface area is 105 Å². The Hall–Kier alpha value is -2.08. The summed E-state index contributed by atoms with van der Waals surface area (Å²) < 4.78 is 1.78. The van der Waals surface area contributed by atoms with Gasteiger partial charge in [0.1, 0.15) is 11.5 Å². The minimum Gasteiger partial charge on any atom is -0.508 e. The number of phenols is 2. The van der Waals surface area contributed by atoms with E-state index in [2.05, 4.69) is 15.6 Å².